The van der Waals surface area contributed by atoms with Gasteiger partial charge in [0.15, 0.2) is 0 Å². The van der Waals surface area contributed by atoms with Gasteiger partial charge in [0.1, 0.15) is 10.7 Å². The van der Waals surface area contributed by atoms with Crippen molar-refractivity contribution >= 4 is 15.8 Å². The summed E-state index contributed by atoms with van der Waals surface area (Å²) < 4.78 is 31.8. The summed E-state index contributed by atoms with van der Waals surface area (Å²) in [5, 5.41) is 0. The lowest BCUT2D eigenvalue weighted by Gasteiger charge is -2.22. The zero-order valence-corrected chi connectivity index (χ0v) is 10.8. The first kappa shape index (κ1) is 13.3. The molecule has 0 unspecified atom stereocenters. The van der Waals surface area contributed by atoms with Gasteiger partial charge in [-0.1, -0.05) is 0 Å². The van der Waals surface area contributed by atoms with E-state index in [1.165, 1.54) is 18.3 Å². The average molecular weight is 271 g/mol. The molecule has 1 saturated heterocycles. The third kappa shape index (κ3) is 3.41. The Kier molecular flexibility index (Phi) is 4.15. The van der Waals surface area contributed by atoms with E-state index in [9.17, 15) is 8.42 Å². The van der Waals surface area contributed by atoms with Crippen molar-refractivity contribution in [1.29, 1.82) is 0 Å². The minimum atomic E-state index is -3.49. The summed E-state index contributed by atoms with van der Waals surface area (Å²) in [4.78, 5) is 3.92. The fraction of sp³-hybridized carbons (Fsp3) is 0.545. The Morgan fingerprint density at radius 1 is 1.39 bits per heavy atom. The quantitative estimate of drug-likeness (QED) is 0.825. The summed E-state index contributed by atoms with van der Waals surface area (Å²) in [5.74, 6) is 0.647. The number of nitrogens with one attached hydrogen (secondary N) is 1. The van der Waals surface area contributed by atoms with Crippen molar-refractivity contribution in [1.82, 2.24) is 9.71 Å². The first-order chi connectivity index (χ1) is 8.58. The zero-order chi connectivity index (χ0) is 13.0. The number of nitrogen functional groups attached to an aromatic ring is 1. The molecule has 3 N–H and O–H groups in total. The number of ether oxygens (including phenoxy) is 1. The van der Waals surface area contributed by atoms with Crippen LogP contribution in [0.4, 0.5) is 5.82 Å². The molecule has 100 valence electrons. The van der Waals surface area contributed by atoms with E-state index in [0.29, 0.717) is 31.5 Å². The first-order valence-corrected chi connectivity index (χ1v) is 7.35. The SMILES string of the molecule is Nc1ccc(S(=O)(=O)NCC2CCOCC2)cn1. The molecule has 0 saturated carbocycles. The zero-order valence-electron chi connectivity index (χ0n) is 10.0. The van der Waals surface area contributed by atoms with E-state index in [4.69, 9.17) is 10.5 Å². The lowest BCUT2D eigenvalue weighted by molar-refractivity contribution is 0.0678. The average Bonchev–Trinajstić information content (AvgIpc) is 2.38. The van der Waals surface area contributed by atoms with Crippen LogP contribution >= 0.6 is 0 Å². The molecule has 0 atom stereocenters. The van der Waals surface area contributed by atoms with Gasteiger partial charge in [0.05, 0.1) is 0 Å². The maximum Gasteiger partial charge on any atom is 0.242 e. The van der Waals surface area contributed by atoms with Crippen molar-refractivity contribution in [3.05, 3.63) is 18.3 Å². The number of nitrogens with two attached hydrogens (primary N) is 1. The molecule has 2 rings (SSSR count). The van der Waals surface area contributed by atoms with Crippen LogP contribution in [0.1, 0.15) is 12.8 Å². The fourth-order valence-corrected chi connectivity index (χ4v) is 2.87. The van der Waals surface area contributed by atoms with E-state index in [0.717, 1.165) is 12.8 Å². The van der Waals surface area contributed by atoms with E-state index in [1.807, 2.05) is 0 Å². The van der Waals surface area contributed by atoms with E-state index >= 15 is 0 Å². The Hall–Kier alpha value is -1.18. The van der Waals surface area contributed by atoms with E-state index < -0.39 is 10.0 Å². The molecule has 1 aliphatic rings. The Morgan fingerprint density at radius 3 is 2.72 bits per heavy atom. The molecule has 0 radical (unpaired) electrons. The summed E-state index contributed by atoms with van der Waals surface area (Å²) >= 11 is 0. The van der Waals surface area contributed by atoms with Crippen molar-refractivity contribution in [2.24, 2.45) is 5.92 Å². The number of hydrogen-bond acceptors (Lipinski definition) is 5. The van der Waals surface area contributed by atoms with Gasteiger partial charge < -0.3 is 10.5 Å². The van der Waals surface area contributed by atoms with Gasteiger partial charge in [0.2, 0.25) is 10.0 Å². The van der Waals surface area contributed by atoms with E-state index in [1.54, 1.807) is 0 Å². The highest BCUT2D eigenvalue weighted by Crippen LogP contribution is 2.15. The molecule has 1 aromatic heterocycles. The molecule has 0 amide bonds. The standard InChI is InChI=1S/C11H17N3O3S/c12-11-2-1-10(8-13-11)18(15,16)14-7-9-3-5-17-6-4-9/h1-2,8-9,14H,3-7H2,(H2,12,13). The number of anilines is 1. The number of rotatable bonds is 4. The lowest BCUT2D eigenvalue weighted by atomic mass is 10.0. The lowest BCUT2D eigenvalue weighted by Crippen LogP contribution is -2.32. The second-order valence-corrected chi connectivity index (χ2v) is 6.09. The Labute approximate surface area is 107 Å². The molecule has 18 heavy (non-hydrogen) atoms. The highest BCUT2D eigenvalue weighted by atomic mass is 32.2. The molecule has 1 fully saturated rings. The molecule has 0 bridgehead atoms. The Bertz CT molecular complexity index is 481. The predicted octanol–water partition coefficient (Wildman–Crippen LogP) is 0.369. The van der Waals surface area contributed by atoms with Crippen molar-refractivity contribution in [3.8, 4) is 0 Å². The highest BCUT2D eigenvalue weighted by Gasteiger charge is 2.19. The van der Waals surface area contributed by atoms with Crippen LogP contribution in [0.5, 0.6) is 0 Å². The molecular formula is C11H17N3O3S. The van der Waals surface area contributed by atoms with E-state index in [2.05, 4.69) is 9.71 Å². The maximum atomic E-state index is 12.0. The molecule has 6 nitrogen and oxygen atoms in total. The number of aromatic nitrogens is 1. The third-order valence-electron chi connectivity index (χ3n) is 2.97. The minimum Gasteiger partial charge on any atom is -0.384 e. The van der Waals surface area contributed by atoms with Gasteiger partial charge in [0.25, 0.3) is 0 Å². The second kappa shape index (κ2) is 5.64. The predicted molar refractivity (Wildman–Crippen MR) is 67.4 cm³/mol. The number of pyridine rings is 1. The normalized spacial score (nSPS) is 17.8. The van der Waals surface area contributed by atoms with Crippen LogP contribution in [-0.4, -0.2) is 33.2 Å². The van der Waals surface area contributed by atoms with Crippen LogP contribution < -0.4 is 10.5 Å². The summed E-state index contributed by atoms with van der Waals surface area (Å²) in [6, 6.07) is 2.93. The third-order valence-corrected chi connectivity index (χ3v) is 4.38. The van der Waals surface area contributed by atoms with Crippen LogP contribution in [0.25, 0.3) is 0 Å². The first-order valence-electron chi connectivity index (χ1n) is 5.87. The summed E-state index contributed by atoms with van der Waals surface area (Å²) in [5.41, 5.74) is 5.42. The van der Waals surface area contributed by atoms with Crippen LogP contribution in [0.2, 0.25) is 0 Å². The van der Waals surface area contributed by atoms with Crippen molar-refractivity contribution in [2.45, 2.75) is 17.7 Å². The number of nitrogens with zero attached hydrogens (tertiary/aromatic N) is 1. The summed E-state index contributed by atoms with van der Waals surface area (Å²) in [6.45, 7) is 1.85. The Morgan fingerprint density at radius 2 is 2.11 bits per heavy atom. The van der Waals surface area contributed by atoms with Crippen molar-refractivity contribution in [3.63, 3.8) is 0 Å². The molecule has 2 heterocycles. The van der Waals surface area contributed by atoms with Gasteiger partial charge in [-0.2, -0.15) is 0 Å². The van der Waals surface area contributed by atoms with Crippen LogP contribution in [-0.2, 0) is 14.8 Å². The summed E-state index contributed by atoms with van der Waals surface area (Å²) in [7, 11) is -3.49. The monoisotopic (exact) mass is 271 g/mol. The highest BCUT2D eigenvalue weighted by molar-refractivity contribution is 7.89. The maximum absolute atomic E-state index is 12.0. The van der Waals surface area contributed by atoms with E-state index in [-0.39, 0.29) is 4.90 Å². The van der Waals surface area contributed by atoms with Gasteiger partial charge >= 0.3 is 0 Å². The minimum absolute atomic E-state index is 0.142. The van der Waals surface area contributed by atoms with Crippen LogP contribution in [0, 0.1) is 5.92 Å². The summed E-state index contributed by atoms with van der Waals surface area (Å²) in [6.07, 6.45) is 3.05. The van der Waals surface area contributed by atoms with Gasteiger partial charge in [-0.25, -0.2) is 18.1 Å². The van der Waals surface area contributed by atoms with Crippen LogP contribution in [0.3, 0.4) is 0 Å². The topological polar surface area (TPSA) is 94.3 Å². The second-order valence-electron chi connectivity index (χ2n) is 4.33. The molecule has 0 spiro atoms. The van der Waals surface area contributed by atoms with Gasteiger partial charge in [-0.15, -0.1) is 0 Å². The van der Waals surface area contributed by atoms with Crippen molar-refractivity contribution in [2.75, 3.05) is 25.5 Å². The Balaban J connectivity index is 1.96. The van der Waals surface area contributed by atoms with Crippen LogP contribution in [0.15, 0.2) is 23.2 Å². The van der Waals surface area contributed by atoms with Gasteiger partial charge in [-0.3, -0.25) is 0 Å². The smallest absolute Gasteiger partial charge is 0.242 e. The molecular weight excluding hydrogens is 254 g/mol. The van der Waals surface area contributed by atoms with Gasteiger partial charge in [-0.05, 0) is 30.9 Å². The molecule has 7 heteroatoms. The van der Waals surface area contributed by atoms with Crippen molar-refractivity contribution < 1.29 is 13.2 Å². The number of hydrogen-bond donors (Lipinski definition) is 2. The molecule has 0 aromatic carbocycles. The van der Waals surface area contributed by atoms with Gasteiger partial charge in [0, 0.05) is 26.0 Å². The largest absolute Gasteiger partial charge is 0.384 e. The molecule has 1 aliphatic heterocycles. The number of sulfonamides is 1. The fourth-order valence-electron chi connectivity index (χ4n) is 1.81. The molecule has 0 aliphatic carbocycles. The molecule has 1 aromatic rings.